The summed E-state index contributed by atoms with van der Waals surface area (Å²) in [6.45, 7) is 0. The van der Waals surface area contributed by atoms with E-state index >= 15 is 0 Å². The number of nitrogens with one attached hydrogen (secondary N) is 1. The van der Waals surface area contributed by atoms with Gasteiger partial charge in [0.25, 0.3) is 0 Å². The molecule has 6 rings (SSSR count). The van der Waals surface area contributed by atoms with E-state index in [2.05, 4.69) is 5.32 Å². The summed E-state index contributed by atoms with van der Waals surface area (Å²) in [5.41, 5.74) is 0. The van der Waals surface area contributed by atoms with E-state index in [9.17, 15) is 0 Å². The van der Waals surface area contributed by atoms with E-state index < -0.39 is 0 Å². The van der Waals surface area contributed by atoms with Gasteiger partial charge in [-0.1, -0.05) is 0 Å². The van der Waals surface area contributed by atoms with Crippen LogP contribution in [0.4, 0.5) is 0 Å². The lowest BCUT2D eigenvalue weighted by Gasteiger charge is -2.55. The monoisotopic (exact) mass is 245 g/mol. The van der Waals surface area contributed by atoms with Crippen molar-refractivity contribution in [2.24, 2.45) is 35.5 Å². The third-order valence-electron chi connectivity index (χ3n) is 6.87. The Bertz CT molecular complexity index is 302. The van der Waals surface area contributed by atoms with Gasteiger partial charge in [-0.2, -0.15) is 0 Å². The molecule has 6 fully saturated rings. The molecule has 0 aromatic heterocycles. The molecule has 0 unspecified atom stereocenters. The van der Waals surface area contributed by atoms with Crippen molar-refractivity contribution in [3.8, 4) is 0 Å². The van der Waals surface area contributed by atoms with Gasteiger partial charge in [0.15, 0.2) is 0 Å². The maximum absolute atomic E-state index is 4.22. The van der Waals surface area contributed by atoms with Gasteiger partial charge in [0.05, 0.1) is 0 Å². The minimum Gasteiger partial charge on any atom is -0.310 e. The molecule has 0 atom stereocenters. The van der Waals surface area contributed by atoms with Gasteiger partial charge in [-0.25, -0.2) is 0 Å². The van der Waals surface area contributed by atoms with Crippen molar-refractivity contribution >= 4 is 0 Å². The van der Waals surface area contributed by atoms with Crippen LogP contribution in [0.2, 0.25) is 0 Å². The average Bonchev–Trinajstić information content (AvgIpc) is 3.22. The maximum atomic E-state index is 4.22. The molecule has 0 amide bonds. The highest BCUT2D eigenvalue weighted by Crippen LogP contribution is 2.55. The molecule has 18 heavy (non-hydrogen) atoms. The quantitative estimate of drug-likeness (QED) is 0.798. The summed E-state index contributed by atoms with van der Waals surface area (Å²) in [7, 11) is 0. The van der Waals surface area contributed by atoms with Crippen molar-refractivity contribution in [3.63, 3.8) is 0 Å². The summed E-state index contributed by atoms with van der Waals surface area (Å²) >= 11 is 0. The lowest BCUT2D eigenvalue weighted by Crippen LogP contribution is -2.57. The lowest BCUT2D eigenvalue weighted by molar-refractivity contribution is -0.0196. The van der Waals surface area contributed by atoms with Crippen LogP contribution < -0.4 is 5.32 Å². The van der Waals surface area contributed by atoms with Crippen LogP contribution in [0.5, 0.6) is 0 Å². The third-order valence-corrected chi connectivity index (χ3v) is 6.87. The summed E-state index contributed by atoms with van der Waals surface area (Å²) in [6.07, 6.45) is 14.0. The molecule has 0 heterocycles. The van der Waals surface area contributed by atoms with Crippen molar-refractivity contribution < 1.29 is 0 Å². The zero-order chi connectivity index (χ0) is 11.7. The molecule has 0 aliphatic heterocycles. The van der Waals surface area contributed by atoms with Crippen molar-refractivity contribution in [3.05, 3.63) is 0 Å². The second-order valence-electron chi connectivity index (χ2n) is 8.32. The van der Waals surface area contributed by atoms with Crippen LogP contribution >= 0.6 is 0 Å². The molecule has 1 N–H and O–H groups in total. The molecular formula is C17H27N. The van der Waals surface area contributed by atoms with E-state index in [4.69, 9.17) is 0 Å². The van der Waals surface area contributed by atoms with Gasteiger partial charge in [-0.05, 0) is 93.3 Å². The normalized spacial score (nSPS) is 50.2. The van der Waals surface area contributed by atoms with Crippen LogP contribution in [0.1, 0.15) is 57.8 Å². The van der Waals surface area contributed by atoms with Crippen molar-refractivity contribution in [2.45, 2.75) is 69.9 Å². The van der Waals surface area contributed by atoms with E-state index in [1.54, 1.807) is 32.1 Å². The second kappa shape index (κ2) is 3.75. The fourth-order valence-electron chi connectivity index (χ4n) is 5.99. The molecule has 100 valence electrons. The molecule has 6 aliphatic rings. The molecule has 1 heteroatoms. The Labute approximate surface area is 111 Å². The number of hydrogen-bond acceptors (Lipinski definition) is 1. The van der Waals surface area contributed by atoms with Crippen LogP contribution in [-0.4, -0.2) is 12.1 Å². The van der Waals surface area contributed by atoms with Crippen LogP contribution in [0.15, 0.2) is 0 Å². The highest BCUT2D eigenvalue weighted by atomic mass is 15.0. The van der Waals surface area contributed by atoms with E-state index in [-0.39, 0.29) is 0 Å². The minimum absolute atomic E-state index is 0.934. The second-order valence-corrected chi connectivity index (χ2v) is 8.32. The van der Waals surface area contributed by atoms with Crippen molar-refractivity contribution in [1.82, 2.24) is 5.32 Å². The van der Waals surface area contributed by atoms with Crippen LogP contribution in [-0.2, 0) is 0 Å². The molecule has 0 spiro atoms. The van der Waals surface area contributed by atoms with E-state index in [1.165, 1.54) is 25.7 Å². The fourth-order valence-corrected chi connectivity index (χ4v) is 5.99. The standard InChI is InChI=1S/C17H27N/c1-2-12(1)16(13-3-4-13)18-17-14-6-10-5-11(8-14)9-15(17)7-10/h10-18H,1-9H2. The zero-order valence-corrected chi connectivity index (χ0v) is 11.5. The summed E-state index contributed by atoms with van der Waals surface area (Å²) in [6, 6.07) is 1.87. The highest BCUT2D eigenvalue weighted by molar-refractivity contribution is 5.05. The zero-order valence-electron chi connectivity index (χ0n) is 11.5. The van der Waals surface area contributed by atoms with E-state index in [0.717, 1.165) is 47.6 Å². The van der Waals surface area contributed by atoms with Crippen LogP contribution in [0.3, 0.4) is 0 Å². The SMILES string of the molecule is C1C2CC3CC1CC(C2)C3NC(C1CC1)C1CC1. The third kappa shape index (κ3) is 1.69. The Morgan fingerprint density at radius 2 is 1.17 bits per heavy atom. The summed E-state index contributed by atoms with van der Waals surface area (Å²) < 4.78 is 0. The van der Waals surface area contributed by atoms with Crippen molar-refractivity contribution in [2.75, 3.05) is 0 Å². The van der Waals surface area contributed by atoms with Gasteiger partial charge in [-0.3, -0.25) is 0 Å². The Morgan fingerprint density at radius 1 is 0.667 bits per heavy atom. The molecule has 0 aromatic rings. The van der Waals surface area contributed by atoms with E-state index in [0.29, 0.717) is 0 Å². The maximum Gasteiger partial charge on any atom is 0.0127 e. The highest BCUT2D eigenvalue weighted by Gasteiger charge is 2.50. The van der Waals surface area contributed by atoms with Crippen LogP contribution in [0, 0.1) is 35.5 Å². The first kappa shape index (κ1) is 10.7. The molecule has 0 radical (unpaired) electrons. The molecule has 1 nitrogen and oxygen atoms in total. The molecule has 4 bridgehead atoms. The first-order valence-electron chi connectivity index (χ1n) is 8.63. The summed E-state index contributed by atoms with van der Waals surface area (Å²) in [4.78, 5) is 0. The van der Waals surface area contributed by atoms with Gasteiger partial charge in [-0.15, -0.1) is 0 Å². The Balaban J connectivity index is 1.33. The van der Waals surface area contributed by atoms with Gasteiger partial charge in [0, 0.05) is 12.1 Å². The largest absolute Gasteiger partial charge is 0.310 e. The minimum atomic E-state index is 0.934. The lowest BCUT2D eigenvalue weighted by atomic mass is 9.54. The number of hydrogen-bond donors (Lipinski definition) is 1. The van der Waals surface area contributed by atoms with Crippen LogP contribution in [0.25, 0.3) is 0 Å². The summed E-state index contributed by atoms with van der Waals surface area (Å²) in [5.74, 6) is 6.56. The Morgan fingerprint density at radius 3 is 1.61 bits per heavy atom. The first-order valence-corrected chi connectivity index (χ1v) is 8.63. The average molecular weight is 245 g/mol. The topological polar surface area (TPSA) is 12.0 Å². The molecular weight excluding hydrogens is 218 g/mol. The molecule has 0 saturated heterocycles. The number of rotatable bonds is 4. The molecule has 6 saturated carbocycles. The van der Waals surface area contributed by atoms with Crippen molar-refractivity contribution in [1.29, 1.82) is 0 Å². The van der Waals surface area contributed by atoms with Gasteiger partial charge in [0.1, 0.15) is 0 Å². The van der Waals surface area contributed by atoms with Gasteiger partial charge in [0.2, 0.25) is 0 Å². The predicted octanol–water partition coefficient (Wildman–Crippen LogP) is 3.59. The summed E-state index contributed by atoms with van der Waals surface area (Å²) in [5, 5.41) is 4.22. The predicted molar refractivity (Wildman–Crippen MR) is 73.2 cm³/mol. The smallest absolute Gasteiger partial charge is 0.0127 e. The van der Waals surface area contributed by atoms with E-state index in [1.807, 2.05) is 0 Å². The molecule has 6 aliphatic carbocycles. The van der Waals surface area contributed by atoms with Gasteiger partial charge < -0.3 is 5.32 Å². The molecule has 0 aromatic carbocycles. The Kier molecular flexibility index (Phi) is 2.23. The Hall–Kier alpha value is -0.0400. The van der Waals surface area contributed by atoms with Gasteiger partial charge >= 0.3 is 0 Å². The fraction of sp³-hybridized carbons (Fsp3) is 1.00. The first-order chi connectivity index (χ1) is 8.87.